The fraction of sp³-hybridized carbons (Fsp3) is 0.353. The van der Waals surface area contributed by atoms with Gasteiger partial charge in [0.25, 0.3) is 0 Å². The van der Waals surface area contributed by atoms with E-state index in [2.05, 4.69) is 10.3 Å². The Hall–Kier alpha value is -1.72. The van der Waals surface area contributed by atoms with Gasteiger partial charge in [-0.25, -0.2) is 8.42 Å². The highest BCUT2D eigenvalue weighted by molar-refractivity contribution is 7.91. The van der Waals surface area contributed by atoms with Gasteiger partial charge in [0, 0.05) is 24.5 Å². The quantitative estimate of drug-likeness (QED) is 0.889. The molecule has 0 aliphatic rings. The largest absolute Gasteiger partial charge is 0.309 e. The fourth-order valence-electron chi connectivity index (χ4n) is 2.22. The van der Waals surface area contributed by atoms with Gasteiger partial charge in [-0.1, -0.05) is 23.8 Å². The van der Waals surface area contributed by atoms with Crippen molar-refractivity contribution < 1.29 is 8.42 Å². The van der Waals surface area contributed by atoms with Crippen LogP contribution in [0.4, 0.5) is 0 Å². The second kappa shape index (κ2) is 7.03. The van der Waals surface area contributed by atoms with Gasteiger partial charge in [0.05, 0.1) is 10.6 Å². The molecular weight excluding hydrogens is 296 g/mol. The number of nitrogens with one attached hydrogen (secondary N) is 1. The van der Waals surface area contributed by atoms with Crippen LogP contribution in [0.15, 0.2) is 47.5 Å². The second-order valence-electron chi connectivity index (χ2n) is 5.62. The predicted molar refractivity (Wildman–Crippen MR) is 88.5 cm³/mol. The van der Waals surface area contributed by atoms with Crippen LogP contribution in [-0.4, -0.2) is 25.2 Å². The first-order valence-corrected chi connectivity index (χ1v) is 8.97. The molecule has 0 aliphatic carbocycles. The number of benzene rings is 1. The molecule has 0 aliphatic heterocycles. The van der Waals surface area contributed by atoms with Gasteiger partial charge in [-0.15, -0.1) is 0 Å². The Morgan fingerprint density at radius 1 is 1.14 bits per heavy atom. The standard InChI is InChI=1S/C17H22N2O2S/c1-13-6-8-17(9-7-13)22(20,21)12-14(2)19-11-16-5-4-10-18-15(16)3/h4-10,14,19H,11-12H2,1-3H3. The van der Waals surface area contributed by atoms with Crippen LogP contribution >= 0.6 is 0 Å². The van der Waals surface area contributed by atoms with Crippen molar-refractivity contribution in [3.05, 3.63) is 59.4 Å². The molecule has 0 saturated carbocycles. The maximum atomic E-state index is 12.4. The number of hydrogen-bond acceptors (Lipinski definition) is 4. The molecule has 1 unspecified atom stereocenters. The van der Waals surface area contributed by atoms with E-state index in [9.17, 15) is 8.42 Å². The first kappa shape index (κ1) is 16.6. The molecule has 4 nitrogen and oxygen atoms in total. The zero-order valence-corrected chi connectivity index (χ0v) is 14.0. The lowest BCUT2D eigenvalue weighted by molar-refractivity contribution is 0.555. The molecule has 0 bridgehead atoms. The van der Waals surface area contributed by atoms with Crippen molar-refractivity contribution in [2.45, 2.75) is 38.3 Å². The zero-order valence-electron chi connectivity index (χ0n) is 13.2. The van der Waals surface area contributed by atoms with E-state index in [4.69, 9.17) is 0 Å². The van der Waals surface area contributed by atoms with E-state index in [1.807, 2.05) is 45.0 Å². The highest BCUT2D eigenvalue weighted by atomic mass is 32.2. The van der Waals surface area contributed by atoms with Crippen LogP contribution in [0, 0.1) is 13.8 Å². The van der Waals surface area contributed by atoms with E-state index in [-0.39, 0.29) is 11.8 Å². The SMILES string of the molecule is Cc1ccc(S(=O)(=O)CC(C)NCc2cccnc2C)cc1. The maximum absolute atomic E-state index is 12.4. The van der Waals surface area contributed by atoms with Crippen LogP contribution in [0.25, 0.3) is 0 Å². The summed E-state index contributed by atoms with van der Waals surface area (Å²) in [5.74, 6) is 0.0787. The lowest BCUT2D eigenvalue weighted by Gasteiger charge is -2.15. The normalized spacial score (nSPS) is 13.0. The minimum absolute atomic E-state index is 0.0787. The summed E-state index contributed by atoms with van der Waals surface area (Å²) in [5, 5.41) is 3.26. The molecule has 1 atom stereocenters. The summed E-state index contributed by atoms with van der Waals surface area (Å²) in [6.07, 6.45) is 1.75. The zero-order chi connectivity index (χ0) is 16.2. The van der Waals surface area contributed by atoms with Crippen LogP contribution in [0.1, 0.15) is 23.7 Å². The predicted octanol–water partition coefficient (Wildman–Crippen LogP) is 2.65. The van der Waals surface area contributed by atoms with E-state index < -0.39 is 9.84 Å². The Balaban J connectivity index is 1.98. The molecule has 0 spiro atoms. The summed E-state index contributed by atoms with van der Waals surface area (Å²) in [7, 11) is -3.27. The van der Waals surface area contributed by atoms with Crippen molar-refractivity contribution in [3.63, 3.8) is 0 Å². The van der Waals surface area contributed by atoms with E-state index in [0.29, 0.717) is 11.4 Å². The van der Waals surface area contributed by atoms with Crippen LogP contribution in [-0.2, 0) is 16.4 Å². The third-order valence-electron chi connectivity index (χ3n) is 3.61. The summed E-state index contributed by atoms with van der Waals surface area (Å²) < 4.78 is 24.8. The molecule has 22 heavy (non-hydrogen) atoms. The number of aromatic nitrogens is 1. The van der Waals surface area contributed by atoms with Crippen LogP contribution in [0.5, 0.6) is 0 Å². The van der Waals surface area contributed by atoms with Gasteiger partial charge in [0.15, 0.2) is 9.84 Å². The molecule has 1 aromatic carbocycles. The molecule has 0 saturated heterocycles. The summed E-state index contributed by atoms with van der Waals surface area (Å²) in [5.41, 5.74) is 3.10. The summed E-state index contributed by atoms with van der Waals surface area (Å²) >= 11 is 0. The molecular formula is C17H22N2O2S. The Morgan fingerprint density at radius 3 is 2.45 bits per heavy atom. The van der Waals surface area contributed by atoms with Crippen molar-refractivity contribution in [3.8, 4) is 0 Å². The average molecular weight is 318 g/mol. The van der Waals surface area contributed by atoms with Gasteiger partial charge in [0.1, 0.15) is 0 Å². The van der Waals surface area contributed by atoms with E-state index >= 15 is 0 Å². The summed E-state index contributed by atoms with van der Waals surface area (Å²) in [6, 6.07) is 10.7. The van der Waals surface area contributed by atoms with Crippen molar-refractivity contribution >= 4 is 9.84 Å². The van der Waals surface area contributed by atoms with Crippen molar-refractivity contribution in [2.75, 3.05) is 5.75 Å². The summed E-state index contributed by atoms with van der Waals surface area (Å²) in [4.78, 5) is 4.61. The highest BCUT2D eigenvalue weighted by Crippen LogP contribution is 2.13. The minimum atomic E-state index is -3.27. The first-order chi connectivity index (χ1) is 10.4. The van der Waals surface area contributed by atoms with Gasteiger partial charge in [-0.2, -0.15) is 0 Å². The van der Waals surface area contributed by atoms with Crippen molar-refractivity contribution in [2.24, 2.45) is 0 Å². The smallest absolute Gasteiger partial charge is 0.179 e. The Labute approximate surface area is 132 Å². The van der Waals surface area contributed by atoms with Gasteiger partial charge in [0.2, 0.25) is 0 Å². The molecule has 1 aromatic heterocycles. The Bertz CT molecular complexity index is 725. The Morgan fingerprint density at radius 2 is 1.82 bits per heavy atom. The molecule has 0 amide bonds. The number of pyridine rings is 1. The van der Waals surface area contributed by atoms with E-state index in [0.717, 1.165) is 16.8 Å². The fourth-order valence-corrected chi connectivity index (χ4v) is 3.74. The maximum Gasteiger partial charge on any atom is 0.179 e. The lowest BCUT2D eigenvalue weighted by atomic mass is 10.2. The minimum Gasteiger partial charge on any atom is -0.309 e. The number of aryl methyl sites for hydroxylation is 2. The molecule has 5 heteroatoms. The third-order valence-corrected chi connectivity index (χ3v) is 5.54. The van der Waals surface area contributed by atoms with Gasteiger partial charge in [-0.05, 0) is 44.5 Å². The molecule has 1 heterocycles. The van der Waals surface area contributed by atoms with Gasteiger partial charge >= 0.3 is 0 Å². The molecule has 2 rings (SSSR count). The van der Waals surface area contributed by atoms with Crippen LogP contribution < -0.4 is 5.32 Å². The second-order valence-corrected chi connectivity index (χ2v) is 7.66. The molecule has 2 aromatic rings. The van der Waals surface area contributed by atoms with E-state index in [1.54, 1.807) is 18.3 Å². The van der Waals surface area contributed by atoms with Gasteiger partial charge < -0.3 is 5.32 Å². The summed E-state index contributed by atoms with van der Waals surface area (Å²) in [6.45, 7) is 6.39. The van der Waals surface area contributed by atoms with Gasteiger partial charge in [-0.3, -0.25) is 4.98 Å². The van der Waals surface area contributed by atoms with Crippen molar-refractivity contribution in [1.29, 1.82) is 0 Å². The number of sulfone groups is 1. The molecule has 1 N–H and O–H groups in total. The lowest BCUT2D eigenvalue weighted by Crippen LogP contribution is -2.32. The Kier molecular flexibility index (Phi) is 5.32. The third kappa shape index (κ3) is 4.39. The number of hydrogen-bond donors (Lipinski definition) is 1. The molecule has 0 radical (unpaired) electrons. The topological polar surface area (TPSA) is 59.1 Å². The highest BCUT2D eigenvalue weighted by Gasteiger charge is 2.18. The van der Waals surface area contributed by atoms with Crippen LogP contribution in [0.2, 0.25) is 0 Å². The van der Waals surface area contributed by atoms with E-state index in [1.165, 1.54) is 0 Å². The molecule has 118 valence electrons. The molecule has 0 fully saturated rings. The van der Waals surface area contributed by atoms with Crippen molar-refractivity contribution in [1.82, 2.24) is 10.3 Å². The van der Waals surface area contributed by atoms with Crippen LogP contribution in [0.3, 0.4) is 0 Å². The first-order valence-electron chi connectivity index (χ1n) is 7.32. The number of rotatable bonds is 6. The number of nitrogens with zero attached hydrogens (tertiary/aromatic N) is 1. The average Bonchev–Trinajstić information content (AvgIpc) is 2.46. The monoisotopic (exact) mass is 318 g/mol.